The topological polar surface area (TPSA) is 43.1 Å². The van der Waals surface area contributed by atoms with Crippen molar-refractivity contribution in [1.29, 1.82) is 0 Å². The minimum atomic E-state index is -4.85. The van der Waals surface area contributed by atoms with Gasteiger partial charge in [-0.3, -0.25) is 4.79 Å². The van der Waals surface area contributed by atoms with Crippen molar-refractivity contribution in [3.63, 3.8) is 0 Å². The Morgan fingerprint density at radius 3 is 2.64 bits per heavy atom. The number of carbonyl (C=O) groups is 1. The van der Waals surface area contributed by atoms with Crippen LogP contribution in [0.1, 0.15) is 9.11 Å². The molecule has 0 aromatic heterocycles. The fourth-order valence-electron chi connectivity index (χ4n) is 1.21. The Morgan fingerprint density at radius 2 is 2.21 bits per heavy atom. The number of amides is 1. The van der Waals surface area contributed by atoms with E-state index in [4.69, 9.17) is 8.48 Å². The van der Waals surface area contributed by atoms with E-state index in [1.165, 1.54) is 12.2 Å². The van der Waals surface area contributed by atoms with Crippen molar-refractivity contribution in [3.05, 3.63) is 24.3 Å². The normalized spacial score (nSPS) is 29.2. The molecule has 0 aliphatic heterocycles. The first-order valence-corrected chi connectivity index (χ1v) is 3.88. The molecule has 0 aromatic carbocycles. The van der Waals surface area contributed by atoms with Gasteiger partial charge in [0.1, 0.15) is 5.92 Å². The fourth-order valence-corrected chi connectivity index (χ4v) is 1.21. The number of hydrogen-bond donors (Lipinski definition) is 1. The van der Waals surface area contributed by atoms with E-state index in [0.717, 1.165) is 12.2 Å². The molecule has 1 rings (SSSR count). The number of hydrogen-bond acceptors (Lipinski definition) is 1. The number of allylic oxidation sites excluding steroid dienone is 4. The molecule has 1 amide bonds. The van der Waals surface area contributed by atoms with Gasteiger partial charge in [-0.05, 0) is 6.37 Å². The second kappa shape index (κ2) is 3.86. The Balaban J connectivity index is 3.10. The summed E-state index contributed by atoms with van der Waals surface area (Å²) in [4.78, 5) is 10.8. The third-order valence-electron chi connectivity index (χ3n) is 1.83. The molecule has 5 heteroatoms. The maximum absolute atomic E-state index is 12.6. The van der Waals surface area contributed by atoms with Gasteiger partial charge < -0.3 is 5.73 Å². The molecule has 2 nitrogen and oxygen atoms in total. The standard InChI is InChI=1S/C9H10F3NO/c10-9(11,12)7(8(13)14)6-4-2-1-3-5-6/h1-4,6-7H,5H2,(H2,13,14)/i5D2. The Morgan fingerprint density at radius 1 is 1.57 bits per heavy atom. The van der Waals surface area contributed by atoms with Gasteiger partial charge in [-0.2, -0.15) is 13.2 Å². The van der Waals surface area contributed by atoms with Gasteiger partial charge >= 0.3 is 6.18 Å². The molecule has 78 valence electrons. The summed E-state index contributed by atoms with van der Waals surface area (Å²) in [5.41, 5.74) is 4.69. The van der Waals surface area contributed by atoms with Crippen LogP contribution in [-0.2, 0) is 4.79 Å². The fraction of sp³-hybridized carbons (Fsp3) is 0.444. The minimum Gasteiger partial charge on any atom is -0.369 e. The van der Waals surface area contributed by atoms with Crippen LogP contribution >= 0.6 is 0 Å². The molecule has 0 saturated carbocycles. The first-order chi connectivity index (χ1) is 7.16. The van der Waals surface area contributed by atoms with Crippen LogP contribution in [0, 0.1) is 11.8 Å². The summed E-state index contributed by atoms with van der Waals surface area (Å²) in [6, 6.07) is 0. The highest BCUT2D eigenvalue weighted by atomic mass is 19.4. The summed E-state index contributed by atoms with van der Waals surface area (Å²) < 4.78 is 52.5. The maximum atomic E-state index is 12.6. The molecule has 0 spiro atoms. The van der Waals surface area contributed by atoms with E-state index < -0.39 is 30.3 Å². The minimum absolute atomic E-state index is 0.985. The molecule has 14 heavy (non-hydrogen) atoms. The molecule has 0 radical (unpaired) electrons. The number of alkyl halides is 3. The van der Waals surface area contributed by atoms with Gasteiger partial charge in [0.25, 0.3) is 0 Å². The number of rotatable bonds is 2. The lowest BCUT2D eigenvalue weighted by atomic mass is 9.86. The zero-order valence-corrected chi connectivity index (χ0v) is 7.08. The Kier molecular flexibility index (Phi) is 2.23. The van der Waals surface area contributed by atoms with Gasteiger partial charge in [-0.15, -0.1) is 0 Å². The van der Waals surface area contributed by atoms with Crippen molar-refractivity contribution < 1.29 is 20.7 Å². The number of primary amides is 1. The third kappa shape index (κ3) is 2.37. The van der Waals surface area contributed by atoms with Crippen LogP contribution in [0.4, 0.5) is 13.2 Å². The molecule has 1 aliphatic rings. The van der Waals surface area contributed by atoms with Gasteiger partial charge in [0.2, 0.25) is 5.91 Å². The summed E-state index contributed by atoms with van der Waals surface area (Å²) in [6.07, 6.45) is -2.51. The molecular formula is C9H10F3NO. The van der Waals surface area contributed by atoms with Crippen molar-refractivity contribution >= 4 is 5.91 Å². The Labute approximate surface area is 82.1 Å². The number of nitrogens with two attached hydrogens (primary N) is 1. The van der Waals surface area contributed by atoms with Crippen molar-refractivity contribution in [1.82, 2.24) is 0 Å². The molecule has 1 aliphatic carbocycles. The number of carbonyl (C=O) groups excluding carboxylic acids is 1. The van der Waals surface area contributed by atoms with Crippen molar-refractivity contribution in [3.8, 4) is 0 Å². The predicted molar refractivity (Wildman–Crippen MR) is 45.1 cm³/mol. The van der Waals surface area contributed by atoms with Crippen LogP contribution in [0.2, 0.25) is 0 Å². The van der Waals surface area contributed by atoms with E-state index >= 15 is 0 Å². The Hall–Kier alpha value is -1.26. The van der Waals surface area contributed by atoms with E-state index in [1.807, 2.05) is 0 Å². The quantitative estimate of drug-likeness (QED) is 0.736. The molecule has 2 N–H and O–H groups in total. The van der Waals surface area contributed by atoms with E-state index in [1.54, 1.807) is 0 Å². The molecule has 0 bridgehead atoms. The van der Waals surface area contributed by atoms with Crippen molar-refractivity contribution in [2.24, 2.45) is 17.6 Å². The molecule has 0 saturated heterocycles. The van der Waals surface area contributed by atoms with Gasteiger partial charge in [-0.25, -0.2) is 0 Å². The molecule has 2 atom stereocenters. The summed E-state index contributed by atoms with van der Waals surface area (Å²) in [7, 11) is 0. The lowest BCUT2D eigenvalue weighted by Crippen LogP contribution is -2.40. The highest BCUT2D eigenvalue weighted by Crippen LogP contribution is 2.35. The lowest BCUT2D eigenvalue weighted by Gasteiger charge is -2.24. The lowest BCUT2D eigenvalue weighted by molar-refractivity contribution is -0.188. The van der Waals surface area contributed by atoms with E-state index in [2.05, 4.69) is 0 Å². The first-order valence-electron chi connectivity index (χ1n) is 4.88. The van der Waals surface area contributed by atoms with Crippen LogP contribution in [0.15, 0.2) is 24.3 Å². The SMILES string of the molecule is [2H]C1([2H])C=CC=CC1C(C(N)=O)C(F)(F)F. The predicted octanol–water partition coefficient (Wildman–Crippen LogP) is 1.78. The smallest absolute Gasteiger partial charge is 0.369 e. The molecule has 0 heterocycles. The van der Waals surface area contributed by atoms with E-state index in [-0.39, 0.29) is 0 Å². The zero-order valence-electron chi connectivity index (χ0n) is 9.08. The average molecular weight is 207 g/mol. The van der Waals surface area contributed by atoms with Crippen molar-refractivity contribution in [2.45, 2.75) is 12.5 Å². The van der Waals surface area contributed by atoms with Gasteiger partial charge in [0, 0.05) is 8.66 Å². The summed E-state index contributed by atoms with van der Waals surface area (Å²) >= 11 is 0. The number of halogens is 3. The molecule has 0 aromatic rings. The largest absolute Gasteiger partial charge is 0.401 e. The van der Waals surface area contributed by atoms with Crippen LogP contribution in [0.5, 0.6) is 0 Å². The molecule has 2 unspecified atom stereocenters. The third-order valence-corrected chi connectivity index (χ3v) is 1.83. The maximum Gasteiger partial charge on any atom is 0.401 e. The van der Waals surface area contributed by atoms with Crippen LogP contribution in [0.25, 0.3) is 0 Å². The zero-order chi connectivity index (χ0) is 12.6. The molecule has 0 fully saturated rings. The molecular weight excluding hydrogens is 195 g/mol. The second-order valence-corrected chi connectivity index (χ2v) is 2.86. The van der Waals surface area contributed by atoms with E-state index in [9.17, 15) is 18.0 Å². The van der Waals surface area contributed by atoms with Crippen LogP contribution in [0.3, 0.4) is 0 Å². The van der Waals surface area contributed by atoms with Crippen molar-refractivity contribution in [2.75, 3.05) is 0 Å². The summed E-state index contributed by atoms with van der Waals surface area (Å²) in [5, 5.41) is 0. The van der Waals surface area contributed by atoms with Crippen LogP contribution in [-0.4, -0.2) is 12.1 Å². The summed E-state index contributed by atoms with van der Waals surface area (Å²) in [5.74, 6) is -5.69. The van der Waals surface area contributed by atoms with Crippen LogP contribution < -0.4 is 5.73 Å². The van der Waals surface area contributed by atoms with E-state index in [0.29, 0.717) is 0 Å². The van der Waals surface area contributed by atoms with Gasteiger partial charge in [-0.1, -0.05) is 24.3 Å². The highest BCUT2D eigenvalue weighted by molar-refractivity contribution is 5.78. The monoisotopic (exact) mass is 207 g/mol. The Bertz CT molecular complexity index is 349. The summed E-state index contributed by atoms with van der Waals surface area (Å²) in [6.45, 7) is 0. The highest BCUT2D eigenvalue weighted by Gasteiger charge is 2.47. The average Bonchev–Trinajstić information content (AvgIpc) is 2.05. The second-order valence-electron chi connectivity index (χ2n) is 2.86. The van der Waals surface area contributed by atoms with Gasteiger partial charge in [0.05, 0.1) is 0 Å². The first kappa shape index (κ1) is 8.08. The van der Waals surface area contributed by atoms with Gasteiger partial charge in [0.15, 0.2) is 0 Å².